The van der Waals surface area contributed by atoms with Gasteiger partial charge in [-0.3, -0.25) is 0 Å². The molecule has 2 aromatic rings. The van der Waals surface area contributed by atoms with Crippen molar-refractivity contribution in [1.29, 1.82) is 0 Å². The van der Waals surface area contributed by atoms with Crippen molar-refractivity contribution in [2.75, 3.05) is 5.32 Å². The fourth-order valence-corrected chi connectivity index (χ4v) is 2.25. The summed E-state index contributed by atoms with van der Waals surface area (Å²) in [5.41, 5.74) is 2.81. The SMILES string of the molecule is CCCc1ccc(NC(C)c2ccc(O)cc2F)cc1. The van der Waals surface area contributed by atoms with E-state index in [9.17, 15) is 9.50 Å². The summed E-state index contributed by atoms with van der Waals surface area (Å²) in [4.78, 5) is 0. The van der Waals surface area contributed by atoms with E-state index in [1.807, 2.05) is 19.1 Å². The minimum atomic E-state index is -0.396. The Balaban J connectivity index is 2.08. The summed E-state index contributed by atoms with van der Waals surface area (Å²) in [6, 6.07) is 12.3. The number of nitrogens with one attached hydrogen (secondary N) is 1. The van der Waals surface area contributed by atoms with Crippen LogP contribution in [0.4, 0.5) is 10.1 Å². The van der Waals surface area contributed by atoms with Crippen molar-refractivity contribution in [2.45, 2.75) is 32.7 Å². The maximum Gasteiger partial charge on any atom is 0.132 e. The molecule has 3 heteroatoms. The van der Waals surface area contributed by atoms with Gasteiger partial charge < -0.3 is 10.4 Å². The van der Waals surface area contributed by atoms with Crippen LogP contribution in [-0.2, 0) is 6.42 Å². The van der Waals surface area contributed by atoms with E-state index >= 15 is 0 Å². The third kappa shape index (κ3) is 3.50. The first kappa shape index (κ1) is 14.4. The van der Waals surface area contributed by atoms with Gasteiger partial charge in [-0.25, -0.2) is 4.39 Å². The normalized spacial score (nSPS) is 12.2. The Morgan fingerprint density at radius 2 is 1.85 bits per heavy atom. The summed E-state index contributed by atoms with van der Waals surface area (Å²) in [5, 5.41) is 12.5. The molecule has 2 aromatic carbocycles. The van der Waals surface area contributed by atoms with Crippen LogP contribution in [0, 0.1) is 5.82 Å². The molecule has 20 heavy (non-hydrogen) atoms. The van der Waals surface area contributed by atoms with Crippen LogP contribution in [0.3, 0.4) is 0 Å². The summed E-state index contributed by atoms with van der Waals surface area (Å²) in [6.07, 6.45) is 2.20. The number of anilines is 1. The molecule has 2 nitrogen and oxygen atoms in total. The molecule has 1 unspecified atom stereocenters. The average molecular weight is 273 g/mol. The Morgan fingerprint density at radius 1 is 1.15 bits per heavy atom. The Labute approximate surface area is 119 Å². The van der Waals surface area contributed by atoms with Gasteiger partial charge in [0.1, 0.15) is 11.6 Å². The Morgan fingerprint density at radius 3 is 2.45 bits per heavy atom. The number of hydrogen-bond donors (Lipinski definition) is 2. The third-order valence-electron chi connectivity index (χ3n) is 3.33. The monoisotopic (exact) mass is 273 g/mol. The first-order valence-electron chi connectivity index (χ1n) is 6.94. The molecule has 1 atom stereocenters. The molecule has 0 saturated carbocycles. The summed E-state index contributed by atoms with van der Waals surface area (Å²) in [5.74, 6) is -0.449. The predicted octanol–water partition coefficient (Wildman–Crippen LogP) is 4.66. The Hall–Kier alpha value is -2.03. The number of rotatable bonds is 5. The minimum Gasteiger partial charge on any atom is -0.508 e. The van der Waals surface area contributed by atoms with Gasteiger partial charge in [-0.2, -0.15) is 0 Å². The average Bonchev–Trinajstić information content (AvgIpc) is 2.41. The van der Waals surface area contributed by atoms with Crippen LogP contribution in [0.5, 0.6) is 5.75 Å². The lowest BCUT2D eigenvalue weighted by atomic mass is 10.1. The van der Waals surface area contributed by atoms with E-state index < -0.39 is 5.82 Å². The summed E-state index contributed by atoms with van der Waals surface area (Å²) >= 11 is 0. The summed E-state index contributed by atoms with van der Waals surface area (Å²) in [7, 11) is 0. The van der Waals surface area contributed by atoms with Gasteiger partial charge in [-0.05, 0) is 37.1 Å². The van der Waals surface area contributed by atoms with E-state index in [4.69, 9.17) is 0 Å². The molecule has 2 rings (SSSR count). The van der Waals surface area contributed by atoms with Gasteiger partial charge in [-0.15, -0.1) is 0 Å². The van der Waals surface area contributed by atoms with Crippen LogP contribution in [0.25, 0.3) is 0 Å². The highest BCUT2D eigenvalue weighted by Gasteiger charge is 2.11. The number of aryl methyl sites for hydroxylation is 1. The minimum absolute atomic E-state index is 0.0534. The van der Waals surface area contributed by atoms with Gasteiger partial charge in [0, 0.05) is 17.3 Å². The first-order valence-corrected chi connectivity index (χ1v) is 6.94. The quantitative estimate of drug-likeness (QED) is 0.830. The molecular weight excluding hydrogens is 253 g/mol. The zero-order valence-corrected chi connectivity index (χ0v) is 11.9. The lowest BCUT2D eigenvalue weighted by Gasteiger charge is -2.17. The largest absolute Gasteiger partial charge is 0.508 e. The van der Waals surface area contributed by atoms with Gasteiger partial charge in [0.2, 0.25) is 0 Å². The standard InChI is InChI=1S/C17H20FNO/c1-3-4-13-5-7-14(8-6-13)19-12(2)16-10-9-15(20)11-17(16)18/h5-12,19-20H,3-4H2,1-2H3. The van der Waals surface area contributed by atoms with Gasteiger partial charge in [0.15, 0.2) is 0 Å². The van der Waals surface area contributed by atoms with Crippen LogP contribution in [0.15, 0.2) is 42.5 Å². The number of hydrogen-bond acceptors (Lipinski definition) is 2. The number of phenols is 1. The number of benzene rings is 2. The molecule has 2 N–H and O–H groups in total. The van der Waals surface area contributed by atoms with Gasteiger partial charge in [0.25, 0.3) is 0 Å². The Kier molecular flexibility index (Phi) is 4.61. The lowest BCUT2D eigenvalue weighted by molar-refractivity contribution is 0.467. The first-order chi connectivity index (χ1) is 9.60. The highest BCUT2D eigenvalue weighted by atomic mass is 19.1. The van der Waals surface area contributed by atoms with Crippen LogP contribution >= 0.6 is 0 Å². The summed E-state index contributed by atoms with van der Waals surface area (Å²) in [6.45, 7) is 4.05. The molecule has 0 bridgehead atoms. The third-order valence-corrected chi connectivity index (χ3v) is 3.33. The highest BCUT2D eigenvalue weighted by molar-refractivity contribution is 5.47. The van der Waals surface area contributed by atoms with Crippen molar-refractivity contribution >= 4 is 5.69 Å². The molecule has 0 aromatic heterocycles. The van der Waals surface area contributed by atoms with Crippen LogP contribution in [0.2, 0.25) is 0 Å². The number of phenolic OH excluding ortho intramolecular Hbond substituents is 1. The fourth-order valence-electron chi connectivity index (χ4n) is 2.25. The molecule has 0 aliphatic heterocycles. The summed E-state index contributed by atoms with van der Waals surface area (Å²) < 4.78 is 13.8. The van der Waals surface area contributed by atoms with E-state index in [-0.39, 0.29) is 11.8 Å². The number of halogens is 1. The Bertz CT molecular complexity index is 566. The van der Waals surface area contributed by atoms with Crippen LogP contribution in [-0.4, -0.2) is 5.11 Å². The van der Waals surface area contributed by atoms with E-state index in [1.165, 1.54) is 11.6 Å². The fraction of sp³-hybridized carbons (Fsp3) is 0.294. The van der Waals surface area contributed by atoms with Crippen molar-refractivity contribution < 1.29 is 9.50 Å². The van der Waals surface area contributed by atoms with Crippen molar-refractivity contribution in [3.63, 3.8) is 0 Å². The van der Waals surface area contributed by atoms with Crippen LogP contribution in [0.1, 0.15) is 37.4 Å². The maximum absolute atomic E-state index is 13.8. The second kappa shape index (κ2) is 6.42. The molecule has 0 heterocycles. The zero-order chi connectivity index (χ0) is 14.5. The van der Waals surface area contributed by atoms with E-state index in [0.717, 1.165) is 24.6 Å². The van der Waals surface area contributed by atoms with Gasteiger partial charge in [-0.1, -0.05) is 31.5 Å². The molecule has 0 spiro atoms. The second-order valence-electron chi connectivity index (χ2n) is 5.02. The molecule has 0 aliphatic rings. The molecule has 0 fully saturated rings. The topological polar surface area (TPSA) is 32.3 Å². The van der Waals surface area contributed by atoms with Crippen molar-refractivity contribution in [3.05, 3.63) is 59.4 Å². The van der Waals surface area contributed by atoms with Crippen molar-refractivity contribution in [1.82, 2.24) is 0 Å². The molecule has 0 saturated heterocycles. The van der Waals surface area contributed by atoms with Crippen LogP contribution < -0.4 is 5.32 Å². The molecule has 0 radical (unpaired) electrons. The molecule has 106 valence electrons. The van der Waals surface area contributed by atoms with E-state index in [2.05, 4.69) is 24.4 Å². The lowest BCUT2D eigenvalue weighted by Crippen LogP contribution is -2.08. The number of aromatic hydroxyl groups is 1. The van der Waals surface area contributed by atoms with Gasteiger partial charge >= 0.3 is 0 Å². The van der Waals surface area contributed by atoms with Gasteiger partial charge in [0.05, 0.1) is 6.04 Å². The van der Waals surface area contributed by atoms with E-state index in [1.54, 1.807) is 6.07 Å². The second-order valence-corrected chi connectivity index (χ2v) is 5.02. The van der Waals surface area contributed by atoms with E-state index in [0.29, 0.717) is 5.56 Å². The molecule has 0 aliphatic carbocycles. The van der Waals surface area contributed by atoms with Crippen molar-refractivity contribution in [3.8, 4) is 5.75 Å². The van der Waals surface area contributed by atoms with Crippen molar-refractivity contribution in [2.24, 2.45) is 0 Å². The highest BCUT2D eigenvalue weighted by Crippen LogP contribution is 2.24. The molecular formula is C17H20FNO. The maximum atomic E-state index is 13.8. The zero-order valence-electron chi connectivity index (χ0n) is 11.9. The predicted molar refractivity (Wildman–Crippen MR) is 80.5 cm³/mol. The molecule has 0 amide bonds. The smallest absolute Gasteiger partial charge is 0.132 e.